The van der Waals surface area contributed by atoms with E-state index in [9.17, 15) is 19.8 Å². The lowest BCUT2D eigenvalue weighted by Gasteiger charge is -2.32. The van der Waals surface area contributed by atoms with Gasteiger partial charge in [-0.2, -0.15) is 12.6 Å². The smallest absolute Gasteiger partial charge is 0.326 e. The highest BCUT2D eigenvalue weighted by atomic mass is 32.1. The number of carbonyl (C=O) groups excluding carboxylic acids is 1. The van der Waals surface area contributed by atoms with Gasteiger partial charge >= 0.3 is 5.97 Å². The Balaban J connectivity index is 2.41. The highest BCUT2D eigenvalue weighted by Crippen LogP contribution is 2.34. The molecule has 0 bridgehead atoms. The molecule has 1 aliphatic heterocycles. The first-order valence-corrected chi connectivity index (χ1v) is 9.10. The molecule has 136 valence electrons. The van der Waals surface area contributed by atoms with Gasteiger partial charge in [0.05, 0.1) is 6.04 Å². The van der Waals surface area contributed by atoms with Crippen molar-refractivity contribution < 1.29 is 19.8 Å². The maximum absolute atomic E-state index is 12.7. The van der Waals surface area contributed by atoms with Crippen molar-refractivity contribution in [2.24, 2.45) is 0 Å². The minimum atomic E-state index is -1.04. The maximum atomic E-state index is 12.7. The van der Waals surface area contributed by atoms with Crippen molar-refractivity contribution >= 4 is 24.5 Å². The molecule has 1 amide bonds. The Bertz CT molecular complexity index is 657. The normalized spacial score (nSPS) is 20.0. The highest BCUT2D eigenvalue weighted by Gasteiger charge is 2.45. The van der Waals surface area contributed by atoms with Crippen LogP contribution in [0.4, 0.5) is 0 Å². The number of nitrogens with zero attached hydrogens (tertiary/aromatic N) is 1. The third-order valence-corrected chi connectivity index (χ3v) is 4.86. The van der Waals surface area contributed by atoms with Crippen LogP contribution in [0, 0.1) is 0 Å². The van der Waals surface area contributed by atoms with E-state index in [-0.39, 0.29) is 11.0 Å². The van der Waals surface area contributed by atoms with Crippen LogP contribution in [-0.4, -0.2) is 44.3 Å². The van der Waals surface area contributed by atoms with E-state index in [1.165, 1.54) is 4.90 Å². The zero-order valence-electron chi connectivity index (χ0n) is 14.6. The average Bonchev–Trinajstić information content (AvgIpc) is 2.80. The Morgan fingerprint density at radius 3 is 2.48 bits per heavy atom. The monoisotopic (exact) mass is 363 g/mol. The fraction of sp³-hybridized carbons (Fsp3) is 0.474. The second kappa shape index (κ2) is 8.43. The number of hydrogen-bond acceptors (Lipinski definition) is 4. The minimum Gasteiger partial charge on any atom is -0.503 e. The van der Waals surface area contributed by atoms with E-state index in [0.29, 0.717) is 24.8 Å². The van der Waals surface area contributed by atoms with Crippen LogP contribution in [0.3, 0.4) is 0 Å². The van der Waals surface area contributed by atoms with Gasteiger partial charge in [0.1, 0.15) is 6.04 Å². The zero-order chi connectivity index (χ0) is 18.6. The first kappa shape index (κ1) is 19.4. The van der Waals surface area contributed by atoms with E-state index in [1.807, 2.05) is 37.3 Å². The van der Waals surface area contributed by atoms with Crippen molar-refractivity contribution in [3.8, 4) is 0 Å². The number of hydrogen-bond donors (Lipinski definition) is 3. The number of unbranched alkanes of at least 4 members (excludes halogenated alkanes) is 1. The topological polar surface area (TPSA) is 77.8 Å². The fourth-order valence-corrected chi connectivity index (χ4v) is 3.65. The average molecular weight is 363 g/mol. The number of benzene rings is 1. The Morgan fingerprint density at radius 1 is 1.32 bits per heavy atom. The Kier molecular flexibility index (Phi) is 6.53. The number of aliphatic carboxylic acids is 1. The second-order valence-corrected chi connectivity index (χ2v) is 7.17. The molecule has 0 radical (unpaired) electrons. The van der Waals surface area contributed by atoms with Crippen molar-refractivity contribution in [3.63, 3.8) is 0 Å². The summed E-state index contributed by atoms with van der Waals surface area (Å²) in [7, 11) is 0. The number of carboxylic acid groups (broad SMARTS) is 1. The van der Waals surface area contributed by atoms with Gasteiger partial charge in [-0.3, -0.25) is 4.79 Å². The molecule has 1 aromatic carbocycles. The number of carbonyl (C=O) groups is 2. The molecule has 25 heavy (non-hydrogen) atoms. The predicted octanol–water partition coefficient (Wildman–Crippen LogP) is 3.21. The van der Waals surface area contributed by atoms with Crippen LogP contribution in [0.15, 0.2) is 41.7 Å². The first-order valence-electron chi connectivity index (χ1n) is 8.58. The van der Waals surface area contributed by atoms with Crippen LogP contribution in [0.2, 0.25) is 0 Å². The molecule has 0 saturated heterocycles. The zero-order valence-corrected chi connectivity index (χ0v) is 15.4. The van der Waals surface area contributed by atoms with Crippen molar-refractivity contribution in [2.45, 2.75) is 56.9 Å². The summed E-state index contributed by atoms with van der Waals surface area (Å²) in [6, 6.07) is 8.11. The van der Waals surface area contributed by atoms with E-state index in [2.05, 4.69) is 12.6 Å². The number of carboxylic acids is 1. The van der Waals surface area contributed by atoms with Gasteiger partial charge in [-0.05, 0) is 25.3 Å². The Labute approximate surface area is 153 Å². The summed E-state index contributed by atoms with van der Waals surface area (Å²) in [5, 5.41) is 19.7. The van der Waals surface area contributed by atoms with Crippen molar-refractivity contribution in [2.75, 3.05) is 0 Å². The molecule has 3 unspecified atom stereocenters. The van der Waals surface area contributed by atoms with Gasteiger partial charge in [-0.1, -0.05) is 50.1 Å². The lowest BCUT2D eigenvalue weighted by Crippen LogP contribution is -2.49. The molecular weight excluding hydrogens is 338 g/mol. The number of rotatable bonds is 8. The largest absolute Gasteiger partial charge is 0.503 e. The summed E-state index contributed by atoms with van der Waals surface area (Å²) in [5.74, 6) is -2.01. The van der Waals surface area contributed by atoms with Gasteiger partial charge in [0.25, 0.3) is 5.91 Å². The molecule has 0 saturated carbocycles. The van der Waals surface area contributed by atoms with E-state index < -0.39 is 24.0 Å². The number of amides is 1. The molecule has 2 N–H and O–H groups in total. The Hall–Kier alpha value is -1.95. The number of aliphatic hydroxyl groups excluding tert-OH is 1. The van der Waals surface area contributed by atoms with Crippen molar-refractivity contribution in [1.29, 1.82) is 0 Å². The molecule has 1 aliphatic rings. The molecule has 2 rings (SSSR count). The van der Waals surface area contributed by atoms with Crippen molar-refractivity contribution in [1.82, 2.24) is 4.90 Å². The Morgan fingerprint density at radius 2 is 1.96 bits per heavy atom. The molecule has 0 fully saturated rings. The summed E-state index contributed by atoms with van der Waals surface area (Å²) < 4.78 is 0. The van der Waals surface area contributed by atoms with Gasteiger partial charge in [0.2, 0.25) is 0 Å². The first-order chi connectivity index (χ1) is 11.9. The van der Waals surface area contributed by atoms with Crippen LogP contribution in [-0.2, 0) is 16.0 Å². The lowest BCUT2D eigenvalue weighted by molar-refractivity contribution is -0.150. The van der Waals surface area contributed by atoms with E-state index in [1.54, 1.807) is 6.92 Å². The van der Waals surface area contributed by atoms with Gasteiger partial charge in [0.15, 0.2) is 5.76 Å². The minimum absolute atomic E-state index is 0.344. The molecule has 6 heteroatoms. The van der Waals surface area contributed by atoms with Crippen molar-refractivity contribution in [3.05, 3.63) is 47.2 Å². The summed E-state index contributed by atoms with van der Waals surface area (Å²) >= 11 is 4.41. The molecule has 3 atom stereocenters. The molecular formula is C19H25NO4S. The maximum Gasteiger partial charge on any atom is 0.326 e. The molecule has 1 heterocycles. The van der Waals surface area contributed by atoms with Crippen LogP contribution in [0.5, 0.6) is 0 Å². The van der Waals surface area contributed by atoms with E-state index in [4.69, 9.17) is 0 Å². The van der Waals surface area contributed by atoms with Gasteiger partial charge in [-0.15, -0.1) is 0 Å². The second-order valence-electron chi connectivity index (χ2n) is 6.39. The third kappa shape index (κ3) is 4.18. The summed E-state index contributed by atoms with van der Waals surface area (Å²) in [6.45, 7) is 3.76. The molecule has 0 aliphatic carbocycles. The fourth-order valence-electron chi connectivity index (χ4n) is 3.35. The molecule has 0 aromatic heterocycles. The molecule has 0 spiro atoms. The summed E-state index contributed by atoms with van der Waals surface area (Å²) in [5.41, 5.74) is 1.48. The van der Waals surface area contributed by atoms with Gasteiger partial charge in [0, 0.05) is 10.8 Å². The van der Waals surface area contributed by atoms with E-state index in [0.717, 1.165) is 12.0 Å². The predicted molar refractivity (Wildman–Crippen MR) is 99.8 cm³/mol. The SMILES string of the molecule is CCCCC(C(=O)O)N1C(=O)C(O)=C(C(C)S)C1Cc1ccccc1. The molecule has 1 aromatic rings. The summed E-state index contributed by atoms with van der Waals surface area (Å²) in [4.78, 5) is 25.8. The van der Waals surface area contributed by atoms with E-state index >= 15 is 0 Å². The van der Waals surface area contributed by atoms with Crippen LogP contribution < -0.4 is 0 Å². The van der Waals surface area contributed by atoms with Crippen LogP contribution in [0.25, 0.3) is 0 Å². The third-order valence-electron chi connectivity index (χ3n) is 4.58. The standard InChI is InChI=1S/C19H25NO4S/c1-3-4-10-14(19(23)24)20-15(11-13-8-6-5-7-9-13)16(12(2)25)17(21)18(20)22/h5-9,12,14-15,21,25H,3-4,10-11H2,1-2H3,(H,23,24). The highest BCUT2D eigenvalue weighted by molar-refractivity contribution is 7.81. The van der Waals surface area contributed by atoms with Crippen LogP contribution >= 0.6 is 12.6 Å². The van der Waals surface area contributed by atoms with Gasteiger partial charge < -0.3 is 15.1 Å². The number of aliphatic hydroxyl groups is 1. The quantitative estimate of drug-likeness (QED) is 0.620. The lowest BCUT2D eigenvalue weighted by atomic mass is 9.96. The van der Waals surface area contributed by atoms with Crippen LogP contribution in [0.1, 0.15) is 38.7 Å². The van der Waals surface area contributed by atoms with Gasteiger partial charge in [-0.25, -0.2) is 4.79 Å². The number of thiol groups is 1. The molecule has 5 nitrogen and oxygen atoms in total. The summed E-state index contributed by atoms with van der Waals surface area (Å²) in [6.07, 6.45) is 2.35.